The predicted octanol–water partition coefficient (Wildman–Crippen LogP) is 2.97. The molecule has 2 aliphatic rings. The summed E-state index contributed by atoms with van der Waals surface area (Å²) in [5.74, 6) is 0. The molecule has 3 heteroatoms. The fraction of sp³-hybridized carbons (Fsp3) is 1.00. The summed E-state index contributed by atoms with van der Waals surface area (Å²) in [5.41, 5.74) is 6.55. The van der Waals surface area contributed by atoms with E-state index in [-0.39, 0.29) is 11.3 Å². The lowest BCUT2D eigenvalue weighted by molar-refractivity contribution is 0.229. The Morgan fingerprint density at radius 2 is 1.76 bits per heavy atom. The number of hydrogen-bond donors (Lipinski definition) is 1. The molecule has 0 radical (unpaired) electrons. The second-order valence-electron chi connectivity index (χ2n) is 6.70. The summed E-state index contributed by atoms with van der Waals surface area (Å²) in [4.78, 5) is 0. The molecule has 0 saturated heterocycles. The van der Waals surface area contributed by atoms with E-state index in [0.717, 1.165) is 25.7 Å². The minimum atomic E-state index is -0.695. The van der Waals surface area contributed by atoms with Crippen LogP contribution in [0.4, 0.5) is 0 Å². The molecule has 2 rings (SSSR count). The second kappa shape index (κ2) is 5.40. The van der Waals surface area contributed by atoms with Crippen LogP contribution in [0.25, 0.3) is 0 Å². The lowest BCUT2D eigenvalue weighted by Gasteiger charge is -2.40. The molecule has 0 heterocycles. The maximum Gasteiger partial charge on any atom is 0.0506 e. The number of nitrogens with two attached hydrogens (primary N) is 1. The molecule has 0 aromatic rings. The van der Waals surface area contributed by atoms with Gasteiger partial charge in [0.1, 0.15) is 0 Å². The van der Waals surface area contributed by atoms with Crippen LogP contribution in [0.2, 0.25) is 0 Å². The zero-order valence-electron chi connectivity index (χ0n) is 11.3. The summed E-state index contributed by atoms with van der Waals surface area (Å²) in [7, 11) is -0.695. The van der Waals surface area contributed by atoms with Gasteiger partial charge in [0.15, 0.2) is 0 Å². The molecule has 3 atom stereocenters. The van der Waals surface area contributed by atoms with Gasteiger partial charge in [-0.3, -0.25) is 4.21 Å². The van der Waals surface area contributed by atoms with E-state index in [1.165, 1.54) is 25.7 Å². The highest BCUT2D eigenvalue weighted by Gasteiger charge is 2.38. The van der Waals surface area contributed by atoms with E-state index < -0.39 is 10.8 Å². The zero-order chi connectivity index (χ0) is 12.5. The highest BCUT2D eigenvalue weighted by atomic mass is 32.2. The molecule has 100 valence electrons. The predicted molar refractivity (Wildman–Crippen MR) is 74.4 cm³/mol. The quantitative estimate of drug-likeness (QED) is 0.826. The van der Waals surface area contributed by atoms with Gasteiger partial charge in [-0.25, -0.2) is 0 Å². The summed E-state index contributed by atoms with van der Waals surface area (Å²) < 4.78 is 12.7. The standard InChI is InChI=1S/C14H27NOS/c1-14(2)9-8-12(15)13(10-14)17(16)11-6-4-3-5-7-11/h11-13H,3-10,15H2,1-2H3. The van der Waals surface area contributed by atoms with Crippen molar-refractivity contribution in [3.63, 3.8) is 0 Å². The first-order valence-electron chi connectivity index (χ1n) is 7.14. The summed E-state index contributed by atoms with van der Waals surface area (Å²) in [6, 6.07) is 0.172. The van der Waals surface area contributed by atoms with E-state index in [4.69, 9.17) is 5.73 Å². The van der Waals surface area contributed by atoms with Gasteiger partial charge in [-0.2, -0.15) is 0 Å². The molecule has 0 aromatic carbocycles. The minimum Gasteiger partial charge on any atom is -0.327 e. The molecule has 0 amide bonds. The van der Waals surface area contributed by atoms with Crippen LogP contribution in [-0.2, 0) is 10.8 Å². The van der Waals surface area contributed by atoms with Gasteiger partial charge in [-0.05, 0) is 37.5 Å². The zero-order valence-corrected chi connectivity index (χ0v) is 12.1. The lowest BCUT2D eigenvalue weighted by atomic mass is 9.75. The SMILES string of the molecule is CC1(C)CCC(N)C(S(=O)C2CCCCC2)C1. The fourth-order valence-corrected chi connectivity index (χ4v) is 5.73. The Bertz CT molecular complexity index is 284. The average Bonchev–Trinajstić information content (AvgIpc) is 2.33. The fourth-order valence-electron chi connectivity index (χ4n) is 3.34. The third-order valence-corrected chi connectivity index (χ3v) is 6.81. The highest BCUT2D eigenvalue weighted by Crippen LogP contribution is 2.38. The summed E-state index contributed by atoms with van der Waals surface area (Å²) in [6.07, 6.45) is 9.48. The van der Waals surface area contributed by atoms with Gasteiger partial charge in [0.25, 0.3) is 0 Å². The van der Waals surface area contributed by atoms with Crippen LogP contribution < -0.4 is 5.73 Å². The largest absolute Gasteiger partial charge is 0.327 e. The van der Waals surface area contributed by atoms with E-state index >= 15 is 0 Å². The van der Waals surface area contributed by atoms with Crippen LogP contribution in [0.5, 0.6) is 0 Å². The van der Waals surface area contributed by atoms with Crippen LogP contribution in [-0.4, -0.2) is 20.8 Å². The van der Waals surface area contributed by atoms with Crippen LogP contribution in [0.1, 0.15) is 65.2 Å². The van der Waals surface area contributed by atoms with Crippen LogP contribution >= 0.6 is 0 Å². The molecule has 2 N–H and O–H groups in total. The van der Waals surface area contributed by atoms with Crippen LogP contribution in [0.3, 0.4) is 0 Å². The molecule has 2 aliphatic carbocycles. The molecule has 0 aliphatic heterocycles. The van der Waals surface area contributed by atoms with Gasteiger partial charge in [0.05, 0.1) is 5.25 Å². The minimum absolute atomic E-state index is 0.172. The van der Waals surface area contributed by atoms with Crippen molar-refractivity contribution in [3.8, 4) is 0 Å². The average molecular weight is 257 g/mol. The van der Waals surface area contributed by atoms with Gasteiger partial charge >= 0.3 is 0 Å². The smallest absolute Gasteiger partial charge is 0.0506 e. The van der Waals surface area contributed by atoms with Crippen molar-refractivity contribution in [2.45, 2.75) is 81.8 Å². The van der Waals surface area contributed by atoms with Crippen LogP contribution in [0, 0.1) is 5.41 Å². The molecular formula is C14H27NOS. The molecule has 2 saturated carbocycles. The Morgan fingerprint density at radius 3 is 2.41 bits per heavy atom. The maximum absolute atomic E-state index is 12.7. The van der Waals surface area contributed by atoms with Crippen molar-refractivity contribution in [2.24, 2.45) is 11.1 Å². The highest BCUT2D eigenvalue weighted by molar-refractivity contribution is 7.86. The van der Waals surface area contributed by atoms with Gasteiger partial charge in [0.2, 0.25) is 0 Å². The van der Waals surface area contributed by atoms with Crippen molar-refractivity contribution in [1.29, 1.82) is 0 Å². The Morgan fingerprint density at radius 1 is 1.12 bits per heavy atom. The van der Waals surface area contributed by atoms with Gasteiger partial charge in [-0.1, -0.05) is 33.1 Å². The van der Waals surface area contributed by atoms with Crippen molar-refractivity contribution in [2.75, 3.05) is 0 Å². The summed E-state index contributed by atoms with van der Waals surface area (Å²) in [5, 5.41) is 0.690. The molecule has 3 unspecified atom stereocenters. The summed E-state index contributed by atoms with van der Waals surface area (Å²) in [6.45, 7) is 4.59. The van der Waals surface area contributed by atoms with Crippen molar-refractivity contribution >= 4 is 10.8 Å². The van der Waals surface area contributed by atoms with Crippen molar-refractivity contribution < 1.29 is 4.21 Å². The lowest BCUT2D eigenvalue weighted by Crippen LogP contribution is -2.47. The van der Waals surface area contributed by atoms with E-state index in [1.54, 1.807) is 0 Å². The van der Waals surface area contributed by atoms with Crippen LogP contribution in [0.15, 0.2) is 0 Å². The topological polar surface area (TPSA) is 43.1 Å². The molecule has 0 bridgehead atoms. The number of rotatable bonds is 2. The van der Waals surface area contributed by atoms with Gasteiger partial charge in [0, 0.05) is 22.1 Å². The van der Waals surface area contributed by atoms with Gasteiger partial charge in [-0.15, -0.1) is 0 Å². The van der Waals surface area contributed by atoms with E-state index in [9.17, 15) is 4.21 Å². The molecule has 0 aromatic heterocycles. The Kier molecular flexibility index (Phi) is 4.30. The first kappa shape index (κ1) is 13.5. The third-order valence-electron chi connectivity index (χ3n) is 4.56. The molecular weight excluding hydrogens is 230 g/mol. The number of hydrogen-bond acceptors (Lipinski definition) is 2. The second-order valence-corrected chi connectivity index (χ2v) is 8.63. The van der Waals surface area contributed by atoms with E-state index in [1.807, 2.05) is 0 Å². The molecule has 2 fully saturated rings. The maximum atomic E-state index is 12.7. The third kappa shape index (κ3) is 3.31. The Balaban J connectivity index is 2.01. The molecule has 2 nitrogen and oxygen atoms in total. The van der Waals surface area contributed by atoms with E-state index in [0.29, 0.717) is 10.7 Å². The van der Waals surface area contributed by atoms with Gasteiger partial charge < -0.3 is 5.73 Å². The first-order valence-corrected chi connectivity index (χ1v) is 8.42. The Labute approximate surface area is 108 Å². The monoisotopic (exact) mass is 257 g/mol. The van der Waals surface area contributed by atoms with Crippen molar-refractivity contribution in [1.82, 2.24) is 0 Å². The Hall–Kier alpha value is 0.110. The first-order chi connectivity index (χ1) is 7.99. The van der Waals surface area contributed by atoms with Crippen molar-refractivity contribution in [3.05, 3.63) is 0 Å². The normalized spacial score (nSPS) is 36.6. The van der Waals surface area contributed by atoms with E-state index in [2.05, 4.69) is 13.8 Å². The molecule has 17 heavy (non-hydrogen) atoms. The molecule has 0 spiro atoms. The summed E-state index contributed by atoms with van der Waals surface area (Å²) >= 11 is 0.